The molecular weight excluding hydrogens is 391 g/mol. The Balaban J connectivity index is 2.68. The molecule has 0 aromatic carbocycles. The lowest BCUT2D eigenvalue weighted by Gasteiger charge is -2.22. The van der Waals surface area contributed by atoms with Crippen LogP contribution in [0.2, 0.25) is 0 Å². The second-order valence-corrected chi connectivity index (χ2v) is 11.0. The summed E-state index contributed by atoms with van der Waals surface area (Å²) in [4.78, 5) is 2.37. The quantitative estimate of drug-likeness (QED) is 0.252. The second-order valence-electron chi connectivity index (χ2n) is 7.96. The van der Waals surface area contributed by atoms with Crippen LogP contribution in [0.15, 0.2) is 23.3 Å². The van der Waals surface area contributed by atoms with Crippen LogP contribution in [0.3, 0.4) is 0 Å². The molecule has 0 atom stereocenters. The van der Waals surface area contributed by atoms with Crippen LogP contribution in [0, 0.1) is 6.92 Å². The number of thiophene rings is 1. The first kappa shape index (κ1) is 25.3. The summed E-state index contributed by atoms with van der Waals surface area (Å²) in [7, 11) is -3.26. The van der Waals surface area contributed by atoms with Crippen LogP contribution in [-0.4, -0.2) is 18.6 Å². The van der Waals surface area contributed by atoms with Crippen molar-refractivity contribution >= 4 is 25.0 Å². The van der Waals surface area contributed by atoms with E-state index in [1.54, 1.807) is 11.3 Å². The standard InChI is InChI=1S/C22H37O4PS/c1-16(2)10-9-11-19(7)12-21-13-20(8)22(28-21)14-24-15-27(23,25-17(3)4)26-18(5)6/h10,12-13,17-18H,9,11,14-15H2,1-8H3/b19-12+. The smallest absolute Gasteiger partial charge is 0.356 e. The molecule has 0 aliphatic carbocycles. The van der Waals surface area contributed by atoms with Gasteiger partial charge < -0.3 is 13.8 Å². The first-order valence-electron chi connectivity index (χ1n) is 9.94. The second kappa shape index (κ2) is 12.1. The number of hydrogen-bond acceptors (Lipinski definition) is 5. The Labute approximate surface area is 175 Å². The number of ether oxygens (including phenoxy) is 1. The van der Waals surface area contributed by atoms with Crippen molar-refractivity contribution in [2.75, 3.05) is 6.35 Å². The summed E-state index contributed by atoms with van der Waals surface area (Å²) in [5.74, 6) is 0. The molecule has 0 amide bonds. The van der Waals surface area contributed by atoms with Crippen LogP contribution in [0.5, 0.6) is 0 Å². The van der Waals surface area contributed by atoms with E-state index in [-0.39, 0.29) is 18.6 Å². The van der Waals surface area contributed by atoms with Crippen molar-refractivity contribution < 1.29 is 18.3 Å². The molecule has 28 heavy (non-hydrogen) atoms. The lowest BCUT2D eigenvalue weighted by molar-refractivity contribution is 0.0938. The SMILES string of the molecule is CC(C)=CCC/C(C)=C/c1cc(C)c(COCP(=O)(OC(C)C)OC(C)C)s1. The first-order chi connectivity index (χ1) is 13.0. The summed E-state index contributed by atoms with van der Waals surface area (Å²) in [6, 6.07) is 2.18. The third kappa shape index (κ3) is 10.2. The third-order valence-corrected chi connectivity index (χ3v) is 6.89. The number of aryl methyl sites for hydroxylation is 1. The van der Waals surface area contributed by atoms with Crippen molar-refractivity contribution in [1.82, 2.24) is 0 Å². The number of rotatable bonds is 12. The molecule has 0 fully saturated rings. The van der Waals surface area contributed by atoms with Gasteiger partial charge in [-0.1, -0.05) is 17.2 Å². The van der Waals surface area contributed by atoms with Crippen LogP contribution in [-0.2, 0) is 25.0 Å². The van der Waals surface area contributed by atoms with Crippen LogP contribution in [0.4, 0.5) is 0 Å². The van der Waals surface area contributed by atoms with E-state index in [4.69, 9.17) is 13.8 Å². The zero-order chi connectivity index (χ0) is 21.3. The van der Waals surface area contributed by atoms with E-state index < -0.39 is 7.60 Å². The zero-order valence-corrected chi connectivity index (χ0v) is 20.4. The van der Waals surface area contributed by atoms with Gasteiger partial charge in [0.1, 0.15) is 6.35 Å². The van der Waals surface area contributed by atoms with Crippen molar-refractivity contribution in [1.29, 1.82) is 0 Å². The van der Waals surface area contributed by atoms with Gasteiger partial charge in [0, 0.05) is 9.75 Å². The molecule has 0 unspecified atom stereocenters. The molecule has 0 aliphatic heterocycles. The summed E-state index contributed by atoms with van der Waals surface area (Å²) >= 11 is 1.72. The summed E-state index contributed by atoms with van der Waals surface area (Å²) in [5, 5.41) is 0. The van der Waals surface area contributed by atoms with Crippen molar-refractivity contribution in [2.45, 2.75) is 87.0 Å². The number of hydrogen-bond donors (Lipinski definition) is 0. The van der Waals surface area contributed by atoms with Crippen LogP contribution in [0.25, 0.3) is 6.08 Å². The molecule has 0 spiro atoms. The summed E-state index contributed by atoms with van der Waals surface area (Å²) in [6.07, 6.45) is 6.27. The van der Waals surface area contributed by atoms with Gasteiger partial charge in [0.25, 0.3) is 0 Å². The third-order valence-electron chi connectivity index (χ3n) is 3.74. The Morgan fingerprint density at radius 3 is 2.29 bits per heavy atom. The minimum atomic E-state index is -3.26. The largest absolute Gasteiger partial charge is 0.363 e. The highest BCUT2D eigenvalue weighted by Crippen LogP contribution is 2.50. The average molecular weight is 429 g/mol. The average Bonchev–Trinajstić information content (AvgIpc) is 2.84. The van der Waals surface area contributed by atoms with Gasteiger partial charge in [-0.2, -0.15) is 0 Å². The lowest BCUT2D eigenvalue weighted by atomic mass is 10.1. The zero-order valence-electron chi connectivity index (χ0n) is 18.7. The van der Waals surface area contributed by atoms with E-state index >= 15 is 0 Å². The molecule has 160 valence electrons. The fraction of sp³-hybridized carbons (Fsp3) is 0.636. The molecule has 1 aromatic heterocycles. The molecule has 6 heteroatoms. The van der Waals surface area contributed by atoms with E-state index in [1.165, 1.54) is 21.6 Å². The number of allylic oxidation sites excluding steroid dienone is 3. The van der Waals surface area contributed by atoms with Crippen LogP contribution < -0.4 is 0 Å². The van der Waals surface area contributed by atoms with E-state index in [1.807, 2.05) is 27.7 Å². The van der Waals surface area contributed by atoms with E-state index in [0.29, 0.717) is 6.61 Å². The van der Waals surface area contributed by atoms with Gasteiger partial charge in [-0.25, -0.2) is 0 Å². The maximum Gasteiger partial charge on any atom is 0.356 e. The van der Waals surface area contributed by atoms with E-state index in [2.05, 4.69) is 45.9 Å². The Bertz CT molecular complexity index is 698. The maximum absolute atomic E-state index is 12.8. The van der Waals surface area contributed by atoms with Gasteiger partial charge in [0.05, 0.1) is 18.8 Å². The molecule has 1 heterocycles. The highest BCUT2D eigenvalue weighted by atomic mass is 32.1. The summed E-state index contributed by atoms with van der Waals surface area (Å²) in [6.45, 7) is 16.3. The van der Waals surface area contributed by atoms with E-state index in [9.17, 15) is 4.57 Å². The van der Waals surface area contributed by atoms with Gasteiger partial charge in [0.2, 0.25) is 0 Å². The monoisotopic (exact) mass is 428 g/mol. The van der Waals surface area contributed by atoms with Gasteiger partial charge in [-0.3, -0.25) is 4.57 Å². The normalized spacial score (nSPS) is 12.9. The Morgan fingerprint density at radius 2 is 1.75 bits per heavy atom. The van der Waals surface area contributed by atoms with Gasteiger partial charge in [0.15, 0.2) is 0 Å². The lowest BCUT2D eigenvalue weighted by Crippen LogP contribution is -2.11. The van der Waals surface area contributed by atoms with Crippen molar-refractivity contribution in [3.05, 3.63) is 38.6 Å². The molecule has 1 aromatic rings. The van der Waals surface area contributed by atoms with Gasteiger partial charge in [-0.05, 0) is 85.9 Å². The Morgan fingerprint density at radius 1 is 1.14 bits per heavy atom. The van der Waals surface area contributed by atoms with Crippen LogP contribution >= 0.6 is 18.9 Å². The predicted molar refractivity (Wildman–Crippen MR) is 121 cm³/mol. The van der Waals surface area contributed by atoms with E-state index in [0.717, 1.165) is 17.7 Å². The molecule has 1 rings (SSSR count). The van der Waals surface area contributed by atoms with Crippen molar-refractivity contribution in [2.24, 2.45) is 0 Å². The Kier molecular flexibility index (Phi) is 10.9. The van der Waals surface area contributed by atoms with Crippen molar-refractivity contribution in [3.8, 4) is 0 Å². The molecule has 0 radical (unpaired) electrons. The molecule has 0 aliphatic rings. The Hall–Kier alpha value is -0.710. The molecular formula is C22H37O4PS. The molecule has 0 saturated carbocycles. The minimum Gasteiger partial charge on any atom is -0.363 e. The molecule has 0 N–H and O–H groups in total. The highest BCUT2D eigenvalue weighted by molar-refractivity contribution is 7.53. The van der Waals surface area contributed by atoms with Gasteiger partial charge in [-0.15, -0.1) is 11.3 Å². The molecule has 0 bridgehead atoms. The first-order valence-corrected chi connectivity index (χ1v) is 12.5. The molecule has 0 saturated heterocycles. The topological polar surface area (TPSA) is 44.8 Å². The van der Waals surface area contributed by atoms with Crippen LogP contribution in [0.1, 0.15) is 76.6 Å². The minimum absolute atomic E-state index is 0.0341. The highest BCUT2D eigenvalue weighted by Gasteiger charge is 2.28. The predicted octanol–water partition coefficient (Wildman–Crippen LogP) is 7.72. The van der Waals surface area contributed by atoms with Crippen molar-refractivity contribution in [3.63, 3.8) is 0 Å². The fourth-order valence-electron chi connectivity index (χ4n) is 2.64. The summed E-state index contributed by atoms with van der Waals surface area (Å²) < 4.78 is 29.6. The fourth-order valence-corrected chi connectivity index (χ4v) is 5.56. The molecule has 4 nitrogen and oxygen atoms in total. The summed E-state index contributed by atoms with van der Waals surface area (Å²) in [5.41, 5.74) is 3.92. The van der Waals surface area contributed by atoms with Gasteiger partial charge >= 0.3 is 7.60 Å². The maximum atomic E-state index is 12.8.